The van der Waals surface area contributed by atoms with Crippen LogP contribution in [0.25, 0.3) is 0 Å². The van der Waals surface area contributed by atoms with E-state index < -0.39 is 28.7 Å². The van der Waals surface area contributed by atoms with E-state index in [1.54, 1.807) is 0 Å². The van der Waals surface area contributed by atoms with Gasteiger partial charge in [0.25, 0.3) is 5.78 Å². The van der Waals surface area contributed by atoms with Gasteiger partial charge < -0.3 is 5.32 Å². The van der Waals surface area contributed by atoms with Crippen molar-refractivity contribution in [3.05, 3.63) is 41.1 Å². The Morgan fingerprint density at radius 1 is 1.15 bits per heavy atom. The van der Waals surface area contributed by atoms with Gasteiger partial charge in [0.1, 0.15) is 5.03 Å². The van der Waals surface area contributed by atoms with Crippen LogP contribution in [0.1, 0.15) is 5.56 Å². The molecule has 0 aliphatic carbocycles. The molecule has 110 valence electrons. The zero-order valence-corrected chi connectivity index (χ0v) is 10.2. The molecule has 1 aromatic carbocycles. The summed E-state index contributed by atoms with van der Waals surface area (Å²) < 4.78 is 73.1. The Morgan fingerprint density at radius 3 is 2.25 bits per heavy atom. The van der Waals surface area contributed by atoms with Crippen LogP contribution in [0.15, 0.2) is 35.5 Å². The third-order valence-electron chi connectivity index (χ3n) is 2.03. The van der Waals surface area contributed by atoms with E-state index in [9.17, 15) is 31.1 Å². The van der Waals surface area contributed by atoms with Gasteiger partial charge in [0.2, 0.25) is 0 Å². The highest BCUT2D eigenvalue weighted by molar-refractivity contribution is 6.43. The summed E-state index contributed by atoms with van der Waals surface area (Å²) in [4.78, 5) is 10.7. The SMILES string of the molecule is O=C(/C(Cl)=C/Nc1cccc(C(F)(F)F)c1)C(F)(F)F. The first kappa shape index (κ1) is 16.4. The van der Waals surface area contributed by atoms with Gasteiger partial charge in [-0.25, -0.2) is 0 Å². The third-order valence-corrected chi connectivity index (χ3v) is 2.31. The zero-order chi connectivity index (χ0) is 15.6. The Labute approximate surface area is 114 Å². The van der Waals surface area contributed by atoms with E-state index in [4.69, 9.17) is 11.6 Å². The Bertz CT molecular complexity index is 534. The molecule has 0 aliphatic heterocycles. The summed E-state index contributed by atoms with van der Waals surface area (Å²) in [6, 6.07) is 3.68. The Kier molecular flexibility index (Phi) is 4.69. The number of nitrogens with one attached hydrogen (secondary N) is 1. The second-order valence-corrected chi connectivity index (χ2v) is 3.95. The Morgan fingerprint density at radius 2 is 1.75 bits per heavy atom. The molecule has 0 amide bonds. The number of alkyl halides is 6. The van der Waals surface area contributed by atoms with Gasteiger partial charge in [0.15, 0.2) is 0 Å². The summed E-state index contributed by atoms with van der Waals surface area (Å²) in [5.74, 6) is -2.29. The first-order valence-electron chi connectivity index (χ1n) is 4.93. The second kappa shape index (κ2) is 5.74. The quantitative estimate of drug-likeness (QED) is 0.664. The lowest BCUT2D eigenvalue weighted by molar-refractivity contribution is -0.165. The summed E-state index contributed by atoms with van der Waals surface area (Å²) in [5, 5.41) is 0.910. The average Bonchev–Trinajstić information content (AvgIpc) is 2.33. The summed E-state index contributed by atoms with van der Waals surface area (Å²) in [5.41, 5.74) is -1.15. The van der Waals surface area contributed by atoms with E-state index in [0.717, 1.165) is 12.1 Å². The number of hydrogen-bond acceptors (Lipinski definition) is 2. The van der Waals surface area contributed by atoms with Crippen molar-refractivity contribution in [2.45, 2.75) is 12.4 Å². The molecule has 0 atom stereocenters. The largest absolute Gasteiger partial charge is 0.455 e. The molecule has 0 saturated heterocycles. The molecule has 0 fully saturated rings. The minimum atomic E-state index is -5.15. The molecule has 0 bridgehead atoms. The van der Waals surface area contributed by atoms with Gasteiger partial charge in [-0.2, -0.15) is 26.3 Å². The molecule has 0 spiro atoms. The first-order valence-corrected chi connectivity index (χ1v) is 5.30. The van der Waals surface area contributed by atoms with E-state index in [-0.39, 0.29) is 5.69 Å². The number of carbonyl (C=O) groups is 1. The monoisotopic (exact) mass is 317 g/mol. The van der Waals surface area contributed by atoms with Crippen LogP contribution >= 0.6 is 11.6 Å². The highest BCUT2D eigenvalue weighted by atomic mass is 35.5. The van der Waals surface area contributed by atoms with Gasteiger partial charge in [-0.15, -0.1) is 0 Å². The van der Waals surface area contributed by atoms with Crippen LogP contribution in [0.2, 0.25) is 0 Å². The van der Waals surface area contributed by atoms with E-state index in [1.165, 1.54) is 6.07 Å². The number of Topliss-reactive ketones (excluding diaryl/α,β-unsaturated/α-hetero) is 1. The maximum atomic E-state index is 12.4. The minimum Gasteiger partial charge on any atom is -0.360 e. The lowest BCUT2D eigenvalue weighted by Crippen LogP contribution is -2.23. The number of rotatable bonds is 3. The number of anilines is 1. The molecule has 0 aromatic heterocycles. The summed E-state index contributed by atoms with van der Waals surface area (Å²) in [6.07, 6.45) is -9.26. The number of hydrogen-bond donors (Lipinski definition) is 1. The highest BCUT2D eigenvalue weighted by Gasteiger charge is 2.40. The van der Waals surface area contributed by atoms with Gasteiger partial charge in [-0.3, -0.25) is 4.79 Å². The molecular formula is C11H6ClF6NO. The van der Waals surface area contributed by atoms with Crippen LogP contribution < -0.4 is 5.32 Å². The average molecular weight is 318 g/mol. The van der Waals surface area contributed by atoms with Crippen LogP contribution in [-0.4, -0.2) is 12.0 Å². The lowest BCUT2D eigenvalue weighted by atomic mass is 10.2. The fourth-order valence-electron chi connectivity index (χ4n) is 1.13. The Balaban J connectivity index is 2.88. The fraction of sp³-hybridized carbons (Fsp3) is 0.182. The number of allylic oxidation sites excluding steroid dienone is 1. The molecule has 0 aliphatic rings. The molecule has 0 radical (unpaired) electrons. The predicted molar refractivity (Wildman–Crippen MR) is 60.1 cm³/mol. The zero-order valence-electron chi connectivity index (χ0n) is 9.44. The number of ketones is 1. The van der Waals surface area contributed by atoms with Crippen LogP contribution in [0.5, 0.6) is 0 Å². The van der Waals surface area contributed by atoms with Crippen molar-refractivity contribution >= 4 is 23.1 Å². The molecule has 1 rings (SSSR count). The molecule has 1 aromatic rings. The van der Waals surface area contributed by atoms with Crippen molar-refractivity contribution in [2.24, 2.45) is 0 Å². The standard InChI is InChI=1S/C11H6ClF6NO/c12-8(9(20)11(16,17)18)5-19-7-3-1-2-6(4-7)10(13,14)15/h1-5,19H/b8-5-. The van der Waals surface area contributed by atoms with Gasteiger partial charge in [0, 0.05) is 11.9 Å². The molecule has 1 N–H and O–H groups in total. The molecule has 0 heterocycles. The Hall–Kier alpha value is -1.70. The second-order valence-electron chi connectivity index (χ2n) is 3.54. The summed E-state index contributed by atoms with van der Waals surface area (Å²) >= 11 is 5.10. The van der Waals surface area contributed by atoms with Crippen molar-refractivity contribution in [3.8, 4) is 0 Å². The van der Waals surface area contributed by atoms with E-state index in [2.05, 4.69) is 5.32 Å². The van der Waals surface area contributed by atoms with Crippen LogP contribution in [0.4, 0.5) is 32.0 Å². The maximum Gasteiger partial charge on any atom is 0.455 e. The van der Waals surface area contributed by atoms with Gasteiger partial charge in [0.05, 0.1) is 5.56 Å². The van der Waals surface area contributed by atoms with Gasteiger partial charge in [-0.05, 0) is 18.2 Å². The predicted octanol–water partition coefficient (Wildman–Crippen LogP) is 4.33. The third kappa shape index (κ3) is 4.44. The van der Waals surface area contributed by atoms with Crippen molar-refractivity contribution in [1.29, 1.82) is 0 Å². The first-order chi connectivity index (χ1) is 9.01. The maximum absolute atomic E-state index is 12.4. The van der Waals surface area contributed by atoms with Crippen molar-refractivity contribution in [2.75, 3.05) is 5.32 Å². The molecule has 0 unspecified atom stereocenters. The van der Waals surface area contributed by atoms with Crippen LogP contribution in [0.3, 0.4) is 0 Å². The fourth-order valence-corrected chi connectivity index (χ4v) is 1.29. The van der Waals surface area contributed by atoms with E-state index in [0.29, 0.717) is 12.3 Å². The summed E-state index contributed by atoms with van der Waals surface area (Å²) in [6.45, 7) is 0. The van der Waals surface area contributed by atoms with Crippen LogP contribution in [-0.2, 0) is 11.0 Å². The van der Waals surface area contributed by atoms with Crippen LogP contribution in [0, 0.1) is 0 Å². The highest BCUT2D eigenvalue weighted by Crippen LogP contribution is 2.30. The number of carbonyl (C=O) groups excluding carboxylic acids is 1. The smallest absolute Gasteiger partial charge is 0.360 e. The topological polar surface area (TPSA) is 29.1 Å². The van der Waals surface area contributed by atoms with Crippen molar-refractivity contribution in [1.82, 2.24) is 0 Å². The van der Waals surface area contributed by atoms with E-state index in [1.807, 2.05) is 0 Å². The number of benzene rings is 1. The van der Waals surface area contributed by atoms with Gasteiger partial charge >= 0.3 is 12.4 Å². The van der Waals surface area contributed by atoms with Crippen molar-refractivity contribution in [3.63, 3.8) is 0 Å². The molecular weight excluding hydrogens is 312 g/mol. The normalized spacial score (nSPS) is 13.2. The molecule has 20 heavy (non-hydrogen) atoms. The van der Waals surface area contributed by atoms with Gasteiger partial charge in [-0.1, -0.05) is 17.7 Å². The summed E-state index contributed by atoms with van der Waals surface area (Å²) in [7, 11) is 0. The molecule has 2 nitrogen and oxygen atoms in total. The van der Waals surface area contributed by atoms with E-state index >= 15 is 0 Å². The number of halogens is 7. The molecule has 0 saturated carbocycles. The van der Waals surface area contributed by atoms with Crippen molar-refractivity contribution < 1.29 is 31.1 Å². The minimum absolute atomic E-state index is 0.159. The lowest BCUT2D eigenvalue weighted by Gasteiger charge is -2.09. The molecule has 9 heteroatoms.